The summed E-state index contributed by atoms with van der Waals surface area (Å²) < 4.78 is 31.9. The van der Waals surface area contributed by atoms with E-state index in [1.165, 1.54) is 12.1 Å². The van der Waals surface area contributed by atoms with Gasteiger partial charge in [0.15, 0.2) is 11.6 Å². The van der Waals surface area contributed by atoms with Crippen molar-refractivity contribution in [1.29, 1.82) is 0 Å². The number of ether oxygens (including phenoxy) is 1. The van der Waals surface area contributed by atoms with Gasteiger partial charge in [-0.15, -0.1) is 0 Å². The fourth-order valence-corrected chi connectivity index (χ4v) is 2.13. The van der Waals surface area contributed by atoms with Gasteiger partial charge in [0, 0.05) is 19.8 Å². The highest BCUT2D eigenvalue weighted by molar-refractivity contribution is 5.95. The molecule has 1 aliphatic rings. The smallest absolute Gasteiger partial charge is 0.254 e. The van der Waals surface area contributed by atoms with Crippen molar-refractivity contribution < 1.29 is 18.3 Å². The number of hydrogen-bond donors (Lipinski definition) is 2. The molecule has 2 rings (SSSR count). The number of nitrogens with two attached hydrogens (primary N) is 1. The Bertz CT molecular complexity index is 474. The molecule has 0 aromatic heterocycles. The van der Waals surface area contributed by atoms with Crippen LogP contribution in [0.15, 0.2) is 18.2 Å². The molecule has 19 heavy (non-hydrogen) atoms. The second kappa shape index (κ2) is 5.63. The Morgan fingerprint density at radius 3 is 2.68 bits per heavy atom. The average molecular weight is 270 g/mol. The maximum absolute atomic E-state index is 13.5. The SMILES string of the molecule is NCC1(NC(=O)c2cccc(F)c2F)CCOCC1. The highest BCUT2D eigenvalue weighted by Crippen LogP contribution is 2.21. The Morgan fingerprint density at radius 2 is 2.05 bits per heavy atom. The van der Waals surface area contributed by atoms with Crippen LogP contribution in [0, 0.1) is 11.6 Å². The first-order valence-corrected chi connectivity index (χ1v) is 6.12. The number of carbonyl (C=O) groups excluding carboxylic acids is 1. The molecule has 0 saturated carbocycles. The van der Waals surface area contributed by atoms with Crippen molar-refractivity contribution in [2.24, 2.45) is 5.73 Å². The molecular formula is C13H16F2N2O2. The summed E-state index contributed by atoms with van der Waals surface area (Å²) in [5.41, 5.74) is 4.79. The van der Waals surface area contributed by atoms with Crippen LogP contribution in [-0.2, 0) is 4.74 Å². The number of hydrogen-bond acceptors (Lipinski definition) is 3. The predicted octanol–water partition coefficient (Wildman–Crippen LogP) is 1.20. The molecule has 1 heterocycles. The molecule has 0 unspecified atom stereocenters. The lowest BCUT2D eigenvalue weighted by Gasteiger charge is -2.36. The lowest BCUT2D eigenvalue weighted by atomic mass is 9.89. The normalized spacial score (nSPS) is 18.1. The van der Waals surface area contributed by atoms with E-state index in [-0.39, 0.29) is 12.1 Å². The zero-order valence-corrected chi connectivity index (χ0v) is 10.4. The summed E-state index contributed by atoms with van der Waals surface area (Å²) in [7, 11) is 0. The van der Waals surface area contributed by atoms with Gasteiger partial charge < -0.3 is 15.8 Å². The first-order chi connectivity index (χ1) is 9.08. The molecular weight excluding hydrogens is 254 g/mol. The molecule has 104 valence electrons. The average Bonchev–Trinajstić information content (AvgIpc) is 2.42. The monoisotopic (exact) mass is 270 g/mol. The molecule has 1 aliphatic heterocycles. The molecule has 0 aliphatic carbocycles. The summed E-state index contributed by atoms with van der Waals surface area (Å²) >= 11 is 0. The Labute approximate surface area is 109 Å². The van der Waals surface area contributed by atoms with Crippen molar-refractivity contribution in [2.45, 2.75) is 18.4 Å². The van der Waals surface area contributed by atoms with Crippen molar-refractivity contribution in [3.63, 3.8) is 0 Å². The summed E-state index contributed by atoms with van der Waals surface area (Å²) in [6.45, 7) is 1.21. The quantitative estimate of drug-likeness (QED) is 0.867. The first kappa shape index (κ1) is 13.9. The molecule has 0 atom stereocenters. The van der Waals surface area contributed by atoms with Gasteiger partial charge in [-0.25, -0.2) is 8.78 Å². The van der Waals surface area contributed by atoms with E-state index < -0.39 is 23.1 Å². The molecule has 1 amide bonds. The minimum atomic E-state index is -1.14. The van der Waals surface area contributed by atoms with E-state index in [1.54, 1.807) is 0 Å². The van der Waals surface area contributed by atoms with Crippen LogP contribution < -0.4 is 11.1 Å². The molecule has 0 spiro atoms. The lowest BCUT2D eigenvalue weighted by Crippen LogP contribution is -2.56. The van der Waals surface area contributed by atoms with E-state index >= 15 is 0 Å². The van der Waals surface area contributed by atoms with E-state index in [1.807, 2.05) is 0 Å². The van der Waals surface area contributed by atoms with Gasteiger partial charge in [0.1, 0.15) is 0 Å². The van der Waals surface area contributed by atoms with Gasteiger partial charge in [0.2, 0.25) is 0 Å². The van der Waals surface area contributed by atoms with E-state index in [4.69, 9.17) is 10.5 Å². The second-order valence-corrected chi connectivity index (χ2v) is 4.65. The molecule has 0 radical (unpaired) electrons. The standard InChI is InChI=1S/C13H16F2N2O2/c14-10-3-1-2-9(11(10)15)12(18)17-13(8-16)4-6-19-7-5-13/h1-3H,4-8,16H2,(H,17,18). The van der Waals surface area contributed by atoms with Gasteiger partial charge in [-0.2, -0.15) is 0 Å². The van der Waals surface area contributed by atoms with Crippen LogP contribution in [0.1, 0.15) is 23.2 Å². The first-order valence-electron chi connectivity index (χ1n) is 6.12. The molecule has 4 nitrogen and oxygen atoms in total. The number of rotatable bonds is 3. The third-order valence-corrected chi connectivity index (χ3v) is 3.42. The van der Waals surface area contributed by atoms with Gasteiger partial charge in [0.05, 0.1) is 11.1 Å². The topological polar surface area (TPSA) is 64.3 Å². The van der Waals surface area contributed by atoms with E-state index in [0.717, 1.165) is 6.07 Å². The van der Waals surface area contributed by atoms with Crippen LogP contribution in [0.2, 0.25) is 0 Å². The number of carbonyl (C=O) groups is 1. The maximum atomic E-state index is 13.5. The Kier molecular flexibility index (Phi) is 4.11. The van der Waals surface area contributed by atoms with E-state index in [9.17, 15) is 13.6 Å². The van der Waals surface area contributed by atoms with Crippen LogP contribution in [0.3, 0.4) is 0 Å². The molecule has 1 saturated heterocycles. The summed E-state index contributed by atoms with van der Waals surface area (Å²) in [5.74, 6) is -2.83. The third kappa shape index (κ3) is 2.90. The van der Waals surface area contributed by atoms with Crippen LogP contribution in [0.5, 0.6) is 0 Å². The van der Waals surface area contributed by atoms with Crippen LogP contribution in [0.4, 0.5) is 8.78 Å². The lowest BCUT2D eigenvalue weighted by molar-refractivity contribution is 0.0387. The van der Waals surface area contributed by atoms with Crippen LogP contribution in [0.25, 0.3) is 0 Å². The highest BCUT2D eigenvalue weighted by atomic mass is 19.2. The fourth-order valence-electron chi connectivity index (χ4n) is 2.13. The number of nitrogens with one attached hydrogen (secondary N) is 1. The van der Waals surface area contributed by atoms with E-state index in [0.29, 0.717) is 26.1 Å². The van der Waals surface area contributed by atoms with Gasteiger partial charge in [-0.3, -0.25) is 4.79 Å². The predicted molar refractivity (Wildman–Crippen MR) is 65.7 cm³/mol. The van der Waals surface area contributed by atoms with Gasteiger partial charge in [-0.1, -0.05) is 6.07 Å². The zero-order chi connectivity index (χ0) is 13.9. The van der Waals surface area contributed by atoms with Crippen molar-refractivity contribution in [2.75, 3.05) is 19.8 Å². The van der Waals surface area contributed by atoms with E-state index in [2.05, 4.69) is 5.32 Å². The maximum Gasteiger partial charge on any atom is 0.254 e. The molecule has 0 bridgehead atoms. The summed E-state index contributed by atoms with van der Waals surface area (Å²) in [6.07, 6.45) is 1.12. The largest absolute Gasteiger partial charge is 0.381 e. The Morgan fingerprint density at radius 1 is 1.37 bits per heavy atom. The van der Waals surface area contributed by atoms with Gasteiger partial charge >= 0.3 is 0 Å². The summed E-state index contributed by atoms with van der Waals surface area (Å²) in [6, 6.07) is 3.52. The molecule has 6 heteroatoms. The molecule has 1 aromatic carbocycles. The summed E-state index contributed by atoms with van der Waals surface area (Å²) in [4.78, 5) is 12.0. The number of benzene rings is 1. The third-order valence-electron chi connectivity index (χ3n) is 3.42. The van der Waals surface area contributed by atoms with Gasteiger partial charge in [0.25, 0.3) is 5.91 Å². The Balaban J connectivity index is 2.17. The molecule has 1 aromatic rings. The fraction of sp³-hybridized carbons (Fsp3) is 0.462. The van der Waals surface area contributed by atoms with Crippen molar-refractivity contribution in [3.05, 3.63) is 35.4 Å². The highest BCUT2D eigenvalue weighted by Gasteiger charge is 2.33. The minimum absolute atomic E-state index is 0.235. The Hall–Kier alpha value is -1.53. The molecule has 3 N–H and O–H groups in total. The number of halogens is 2. The minimum Gasteiger partial charge on any atom is -0.381 e. The van der Waals surface area contributed by atoms with Crippen LogP contribution in [-0.4, -0.2) is 31.2 Å². The zero-order valence-electron chi connectivity index (χ0n) is 10.4. The van der Waals surface area contributed by atoms with Crippen molar-refractivity contribution >= 4 is 5.91 Å². The van der Waals surface area contributed by atoms with Gasteiger partial charge in [-0.05, 0) is 25.0 Å². The molecule has 1 fully saturated rings. The second-order valence-electron chi connectivity index (χ2n) is 4.65. The van der Waals surface area contributed by atoms with Crippen molar-refractivity contribution in [3.8, 4) is 0 Å². The van der Waals surface area contributed by atoms with Crippen molar-refractivity contribution in [1.82, 2.24) is 5.32 Å². The summed E-state index contributed by atoms with van der Waals surface area (Å²) in [5, 5.41) is 2.72. The number of amides is 1. The van der Waals surface area contributed by atoms with Crippen LogP contribution >= 0.6 is 0 Å².